The molecule has 20 heavy (non-hydrogen) atoms. The first-order valence-electron chi connectivity index (χ1n) is 7.18. The van der Waals surface area contributed by atoms with Gasteiger partial charge in [0.25, 0.3) is 0 Å². The highest BCUT2D eigenvalue weighted by molar-refractivity contribution is 7.18. The van der Waals surface area contributed by atoms with E-state index < -0.39 is 0 Å². The number of rotatable bonds is 6. The summed E-state index contributed by atoms with van der Waals surface area (Å²) < 4.78 is 1.21. The first-order valence-corrected chi connectivity index (χ1v) is 8.00. The van der Waals surface area contributed by atoms with Crippen molar-refractivity contribution >= 4 is 27.5 Å². The van der Waals surface area contributed by atoms with Crippen LogP contribution in [0.5, 0.6) is 0 Å². The number of nitrogens with one attached hydrogen (secondary N) is 1. The zero-order valence-electron chi connectivity index (χ0n) is 12.3. The predicted molar refractivity (Wildman–Crippen MR) is 85.1 cm³/mol. The van der Waals surface area contributed by atoms with Gasteiger partial charge >= 0.3 is 0 Å². The van der Waals surface area contributed by atoms with E-state index in [9.17, 15) is 4.79 Å². The number of hydrogen-bond acceptors (Lipinski definition) is 3. The van der Waals surface area contributed by atoms with E-state index in [1.807, 2.05) is 18.2 Å². The number of hydrogen-bond donors (Lipinski definition) is 1. The van der Waals surface area contributed by atoms with Crippen LogP contribution in [0.3, 0.4) is 0 Å². The van der Waals surface area contributed by atoms with Gasteiger partial charge in [0.15, 0.2) is 0 Å². The van der Waals surface area contributed by atoms with Crippen LogP contribution in [-0.2, 0) is 4.79 Å². The lowest BCUT2D eigenvalue weighted by molar-refractivity contribution is -0.121. The number of carbonyl (C=O) groups is 1. The van der Waals surface area contributed by atoms with Gasteiger partial charge in [-0.3, -0.25) is 4.79 Å². The zero-order chi connectivity index (χ0) is 14.5. The van der Waals surface area contributed by atoms with Gasteiger partial charge in [0.05, 0.1) is 15.2 Å². The summed E-state index contributed by atoms with van der Waals surface area (Å²) in [6.45, 7) is 7.05. The Hall–Kier alpha value is -1.42. The topological polar surface area (TPSA) is 42.0 Å². The third-order valence-electron chi connectivity index (χ3n) is 3.29. The molecular formula is C16H22N2OS. The fourth-order valence-electron chi connectivity index (χ4n) is 1.96. The van der Waals surface area contributed by atoms with E-state index in [-0.39, 0.29) is 11.8 Å². The van der Waals surface area contributed by atoms with Crippen LogP contribution in [0.1, 0.15) is 44.5 Å². The lowest BCUT2D eigenvalue weighted by Crippen LogP contribution is -2.27. The minimum atomic E-state index is 0.145. The molecule has 1 aromatic carbocycles. The molecule has 0 bridgehead atoms. The van der Waals surface area contributed by atoms with Crippen molar-refractivity contribution in [3.63, 3.8) is 0 Å². The van der Waals surface area contributed by atoms with Gasteiger partial charge in [-0.15, -0.1) is 11.3 Å². The highest BCUT2D eigenvalue weighted by Gasteiger charge is 2.12. The van der Waals surface area contributed by atoms with Crippen LogP contribution < -0.4 is 5.32 Å². The Labute approximate surface area is 124 Å². The van der Waals surface area contributed by atoms with Crippen LogP contribution >= 0.6 is 11.3 Å². The summed E-state index contributed by atoms with van der Waals surface area (Å²) in [5.74, 6) is 0.976. The van der Waals surface area contributed by atoms with Gasteiger partial charge < -0.3 is 5.32 Å². The molecule has 108 valence electrons. The zero-order valence-corrected chi connectivity index (χ0v) is 13.2. The maximum Gasteiger partial charge on any atom is 0.220 e. The Balaban J connectivity index is 1.88. The minimum absolute atomic E-state index is 0.145. The molecule has 0 aliphatic carbocycles. The molecule has 1 heterocycles. The van der Waals surface area contributed by atoms with Crippen LogP contribution in [-0.4, -0.2) is 17.4 Å². The molecule has 0 aliphatic rings. The largest absolute Gasteiger partial charge is 0.355 e. The van der Waals surface area contributed by atoms with Crippen LogP contribution in [0.25, 0.3) is 10.2 Å². The molecule has 1 N–H and O–H groups in total. The minimum Gasteiger partial charge on any atom is -0.355 e. The van der Waals surface area contributed by atoms with Gasteiger partial charge in [-0.1, -0.05) is 32.9 Å². The normalized spacial score (nSPS) is 12.8. The molecule has 0 aliphatic heterocycles. The van der Waals surface area contributed by atoms with E-state index in [0.717, 1.165) is 16.9 Å². The fraction of sp³-hybridized carbons (Fsp3) is 0.500. The molecule has 0 spiro atoms. The SMILES string of the molecule is CC(C)CCC(=O)NCC(C)c1nc2ccccc2s1. The molecule has 1 aromatic heterocycles. The van der Waals surface area contributed by atoms with Crippen molar-refractivity contribution in [2.75, 3.05) is 6.54 Å². The maximum atomic E-state index is 11.7. The Kier molecular flexibility index (Phi) is 5.12. The average molecular weight is 290 g/mol. The Bertz CT molecular complexity index is 544. The van der Waals surface area contributed by atoms with Gasteiger partial charge in [-0.25, -0.2) is 4.98 Å². The van der Waals surface area contributed by atoms with E-state index in [4.69, 9.17) is 0 Å². The summed E-state index contributed by atoms with van der Waals surface area (Å²) in [5.41, 5.74) is 1.05. The van der Waals surface area contributed by atoms with E-state index in [1.165, 1.54) is 4.70 Å². The molecule has 0 fully saturated rings. The van der Waals surface area contributed by atoms with Crippen LogP contribution in [0.15, 0.2) is 24.3 Å². The highest BCUT2D eigenvalue weighted by Crippen LogP contribution is 2.26. The van der Waals surface area contributed by atoms with E-state index in [2.05, 4.69) is 37.1 Å². The smallest absolute Gasteiger partial charge is 0.220 e. The van der Waals surface area contributed by atoms with Crippen molar-refractivity contribution in [2.24, 2.45) is 5.92 Å². The first kappa shape index (κ1) is 15.0. The summed E-state index contributed by atoms with van der Waals surface area (Å²) in [7, 11) is 0. The van der Waals surface area contributed by atoms with Gasteiger partial charge in [0.1, 0.15) is 0 Å². The second-order valence-corrected chi connectivity index (χ2v) is 6.72. The second kappa shape index (κ2) is 6.84. The van der Waals surface area contributed by atoms with Gasteiger partial charge in [-0.2, -0.15) is 0 Å². The molecular weight excluding hydrogens is 268 g/mol. The van der Waals surface area contributed by atoms with Crippen molar-refractivity contribution in [2.45, 2.75) is 39.5 Å². The second-order valence-electron chi connectivity index (χ2n) is 5.66. The number of aromatic nitrogens is 1. The number of amides is 1. The van der Waals surface area contributed by atoms with Crippen LogP contribution in [0.4, 0.5) is 0 Å². The molecule has 3 nitrogen and oxygen atoms in total. The number of fused-ring (bicyclic) bond motifs is 1. The molecule has 2 rings (SSSR count). The number of carbonyl (C=O) groups excluding carboxylic acids is 1. The molecule has 2 aromatic rings. The molecule has 0 saturated heterocycles. The predicted octanol–water partition coefficient (Wildman–Crippen LogP) is 3.95. The number of benzene rings is 1. The first-order chi connectivity index (χ1) is 9.56. The summed E-state index contributed by atoms with van der Waals surface area (Å²) in [4.78, 5) is 16.4. The van der Waals surface area contributed by atoms with Gasteiger partial charge in [0, 0.05) is 18.9 Å². The molecule has 1 unspecified atom stereocenters. The molecule has 1 atom stereocenters. The summed E-state index contributed by atoms with van der Waals surface area (Å²) in [6.07, 6.45) is 1.56. The third-order valence-corrected chi connectivity index (χ3v) is 4.55. The van der Waals surface area contributed by atoms with Crippen molar-refractivity contribution < 1.29 is 4.79 Å². The molecule has 1 amide bonds. The van der Waals surface area contributed by atoms with Gasteiger partial charge in [0.2, 0.25) is 5.91 Å². The van der Waals surface area contributed by atoms with Crippen molar-refractivity contribution in [3.8, 4) is 0 Å². The van der Waals surface area contributed by atoms with Crippen molar-refractivity contribution in [1.29, 1.82) is 0 Å². The summed E-state index contributed by atoms with van der Waals surface area (Å²) >= 11 is 1.71. The number of para-hydroxylation sites is 1. The number of nitrogens with zero attached hydrogens (tertiary/aromatic N) is 1. The highest BCUT2D eigenvalue weighted by atomic mass is 32.1. The summed E-state index contributed by atoms with van der Waals surface area (Å²) in [5, 5.41) is 4.10. The summed E-state index contributed by atoms with van der Waals surface area (Å²) in [6, 6.07) is 8.15. The van der Waals surface area contributed by atoms with Gasteiger partial charge in [-0.05, 0) is 24.5 Å². The standard InChI is InChI=1S/C16H22N2OS/c1-11(2)8-9-15(19)17-10-12(3)16-18-13-6-4-5-7-14(13)20-16/h4-7,11-12H,8-10H2,1-3H3,(H,17,19). The Morgan fingerprint density at radius 2 is 2.05 bits per heavy atom. The van der Waals surface area contributed by atoms with Crippen LogP contribution in [0, 0.1) is 5.92 Å². The van der Waals surface area contributed by atoms with E-state index in [1.54, 1.807) is 11.3 Å². The van der Waals surface area contributed by atoms with E-state index >= 15 is 0 Å². The Morgan fingerprint density at radius 1 is 1.30 bits per heavy atom. The quantitative estimate of drug-likeness (QED) is 0.875. The van der Waals surface area contributed by atoms with E-state index in [0.29, 0.717) is 18.9 Å². The monoisotopic (exact) mass is 290 g/mol. The fourth-order valence-corrected chi connectivity index (χ4v) is 2.98. The lowest BCUT2D eigenvalue weighted by Gasteiger charge is -2.10. The van der Waals surface area contributed by atoms with Crippen molar-refractivity contribution in [1.82, 2.24) is 10.3 Å². The Morgan fingerprint density at radius 3 is 2.75 bits per heavy atom. The third kappa shape index (κ3) is 4.04. The number of thiazole rings is 1. The maximum absolute atomic E-state index is 11.7. The molecule has 0 saturated carbocycles. The molecule has 0 radical (unpaired) electrons. The van der Waals surface area contributed by atoms with Crippen LogP contribution in [0.2, 0.25) is 0 Å². The molecule has 4 heteroatoms. The lowest BCUT2D eigenvalue weighted by atomic mass is 10.1. The van der Waals surface area contributed by atoms with Crippen molar-refractivity contribution in [3.05, 3.63) is 29.3 Å². The average Bonchev–Trinajstić information content (AvgIpc) is 2.86.